The van der Waals surface area contributed by atoms with E-state index in [1.54, 1.807) is 12.5 Å². The zero-order valence-corrected chi connectivity index (χ0v) is 12.6. The standard InChI is InChI=1S/C16H21N5O/c22-16(21-7-6-13-14(9-21)18-10-17-13)12-8-19-20-15(12)11-4-2-1-3-5-11/h8,10-11H,1-7,9H2,(H,17,18)(H,19,20). The van der Waals surface area contributed by atoms with Crippen molar-refractivity contribution in [1.29, 1.82) is 0 Å². The molecule has 4 rings (SSSR count). The number of imidazole rings is 1. The van der Waals surface area contributed by atoms with Gasteiger partial charge in [-0.1, -0.05) is 19.3 Å². The molecule has 116 valence electrons. The van der Waals surface area contributed by atoms with E-state index in [9.17, 15) is 4.79 Å². The summed E-state index contributed by atoms with van der Waals surface area (Å²) in [6.07, 6.45) is 10.4. The zero-order valence-electron chi connectivity index (χ0n) is 12.6. The van der Waals surface area contributed by atoms with Crippen molar-refractivity contribution in [2.45, 2.75) is 51.0 Å². The number of hydrogen-bond donors (Lipinski definition) is 2. The van der Waals surface area contributed by atoms with Gasteiger partial charge in [0.25, 0.3) is 5.91 Å². The highest BCUT2D eigenvalue weighted by Crippen LogP contribution is 2.33. The topological polar surface area (TPSA) is 77.7 Å². The number of hydrogen-bond acceptors (Lipinski definition) is 3. The lowest BCUT2D eigenvalue weighted by molar-refractivity contribution is 0.0730. The molecular weight excluding hydrogens is 278 g/mol. The number of rotatable bonds is 2. The first-order chi connectivity index (χ1) is 10.8. The number of carbonyl (C=O) groups is 1. The fourth-order valence-electron chi connectivity index (χ4n) is 3.73. The highest BCUT2D eigenvalue weighted by Gasteiger charge is 2.28. The zero-order chi connectivity index (χ0) is 14.9. The Morgan fingerprint density at radius 2 is 2.14 bits per heavy atom. The van der Waals surface area contributed by atoms with Crippen LogP contribution in [0.4, 0.5) is 0 Å². The Balaban J connectivity index is 1.55. The maximum absolute atomic E-state index is 12.9. The van der Waals surface area contributed by atoms with Crippen LogP contribution < -0.4 is 0 Å². The van der Waals surface area contributed by atoms with Crippen LogP contribution >= 0.6 is 0 Å². The molecule has 0 saturated heterocycles. The Morgan fingerprint density at radius 3 is 3.00 bits per heavy atom. The number of carbonyl (C=O) groups excluding carboxylic acids is 1. The quantitative estimate of drug-likeness (QED) is 0.893. The van der Waals surface area contributed by atoms with E-state index >= 15 is 0 Å². The van der Waals surface area contributed by atoms with Gasteiger partial charge in [0, 0.05) is 18.9 Å². The summed E-state index contributed by atoms with van der Waals surface area (Å²) >= 11 is 0. The van der Waals surface area contributed by atoms with Crippen molar-refractivity contribution in [1.82, 2.24) is 25.1 Å². The summed E-state index contributed by atoms with van der Waals surface area (Å²) in [7, 11) is 0. The predicted molar refractivity (Wildman–Crippen MR) is 81.4 cm³/mol. The lowest BCUT2D eigenvalue weighted by Gasteiger charge is -2.27. The first-order valence-electron chi connectivity index (χ1n) is 8.16. The number of H-pyrrole nitrogens is 2. The van der Waals surface area contributed by atoms with Crippen LogP contribution in [0.5, 0.6) is 0 Å². The molecule has 1 saturated carbocycles. The molecule has 3 heterocycles. The average molecular weight is 299 g/mol. The van der Waals surface area contributed by atoms with E-state index < -0.39 is 0 Å². The Morgan fingerprint density at radius 1 is 1.27 bits per heavy atom. The Bertz CT molecular complexity index is 668. The molecule has 1 fully saturated rings. The summed E-state index contributed by atoms with van der Waals surface area (Å²) in [5.74, 6) is 0.553. The predicted octanol–water partition coefficient (Wildman–Crippen LogP) is 2.38. The first kappa shape index (κ1) is 13.5. The van der Waals surface area contributed by atoms with Gasteiger partial charge in [-0.3, -0.25) is 9.89 Å². The molecular formula is C16H21N5O. The minimum atomic E-state index is 0.0922. The van der Waals surface area contributed by atoms with Crippen LogP contribution in [0.15, 0.2) is 12.5 Å². The van der Waals surface area contributed by atoms with Crippen LogP contribution in [0.3, 0.4) is 0 Å². The lowest BCUT2D eigenvalue weighted by Crippen LogP contribution is -2.36. The van der Waals surface area contributed by atoms with Crippen molar-refractivity contribution in [3.05, 3.63) is 35.2 Å². The van der Waals surface area contributed by atoms with Crippen LogP contribution in [0, 0.1) is 0 Å². The molecule has 0 unspecified atom stereocenters. The van der Waals surface area contributed by atoms with Gasteiger partial charge in [-0.25, -0.2) is 4.98 Å². The number of amides is 1. The van der Waals surface area contributed by atoms with Crippen LogP contribution in [0.2, 0.25) is 0 Å². The molecule has 1 amide bonds. The molecule has 2 N–H and O–H groups in total. The number of nitrogens with one attached hydrogen (secondary N) is 2. The summed E-state index contributed by atoms with van der Waals surface area (Å²) < 4.78 is 0. The number of fused-ring (bicyclic) bond motifs is 1. The molecule has 2 aromatic rings. The molecule has 6 nitrogen and oxygen atoms in total. The second kappa shape index (κ2) is 5.59. The van der Waals surface area contributed by atoms with E-state index in [4.69, 9.17) is 0 Å². The summed E-state index contributed by atoms with van der Waals surface area (Å²) in [5.41, 5.74) is 3.95. The molecule has 1 aliphatic carbocycles. The summed E-state index contributed by atoms with van der Waals surface area (Å²) in [4.78, 5) is 22.2. The molecule has 2 aliphatic rings. The van der Waals surface area contributed by atoms with Crippen LogP contribution in [-0.2, 0) is 13.0 Å². The Hall–Kier alpha value is -2.11. The van der Waals surface area contributed by atoms with Crippen LogP contribution in [0.25, 0.3) is 0 Å². The molecule has 6 heteroatoms. The highest BCUT2D eigenvalue weighted by molar-refractivity contribution is 5.95. The SMILES string of the molecule is O=C(c1cn[nH]c1C1CCCCC1)N1CCc2nc[nH]c2C1. The third kappa shape index (κ3) is 2.32. The van der Waals surface area contributed by atoms with Crippen molar-refractivity contribution in [3.63, 3.8) is 0 Å². The normalized spacial score (nSPS) is 19.2. The fourth-order valence-corrected chi connectivity index (χ4v) is 3.73. The second-order valence-corrected chi connectivity index (χ2v) is 6.34. The van der Waals surface area contributed by atoms with Gasteiger partial charge in [0.1, 0.15) is 0 Å². The van der Waals surface area contributed by atoms with Crippen molar-refractivity contribution >= 4 is 5.91 Å². The van der Waals surface area contributed by atoms with Crippen molar-refractivity contribution in [2.24, 2.45) is 0 Å². The largest absolute Gasteiger partial charge is 0.347 e. The highest BCUT2D eigenvalue weighted by atomic mass is 16.2. The minimum absolute atomic E-state index is 0.0922. The maximum atomic E-state index is 12.9. The van der Waals surface area contributed by atoms with E-state index in [-0.39, 0.29) is 5.91 Å². The van der Waals surface area contributed by atoms with Gasteiger partial charge in [-0.05, 0) is 12.8 Å². The van der Waals surface area contributed by atoms with Crippen LogP contribution in [-0.4, -0.2) is 37.5 Å². The van der Waals surface area contributed by atoms with Gasteiger partial charge in [0.15, 0.2) is 0 Å². The maximum Gasteiger partial charge on any atom is 0.257 e. The summed E-state index contributed by atoms with van der Waals surface area (Å²) in [5, 5.41) is 7.25. The molecule has 0 atom stereocenters. The second-order valence-electron chi connectivity index (χ2n) is 6.34. The first-order valence-corrected chi connectivity index (χ1v) is 8.16. The van der Waals surface area contributed by atoms with Gasteiger partial charge in [-0.2, -0.15) is 5.10 Å². The number of aromatic nitrogens is 4. The molecule has 0 bridgehead atoms. The third-order valence-electron chi connectivity index (χ3n) is 4.97. The van der Waals surface area contributed by atoms with Gasteiger partial charge < -0.3 is 9.88 Å². The monoisotopic (exact) mass is 299 g/mol. The molecule has 22 heavy (non-hydrogen) atoms. The van der Waals surface area contributed by atoms with E-state index in [1.165, 1.54) is 19.3 Å². The van der Waals surface area contributed by atoms with Crippen molar-refractivity contribution in [3.8, 4) is 0 Å². The Kier molecular flexibility index (Phi) is 3.44. The molecule has 0 aromatic carbocycles. The average Bonchev–Trinajstić information content (AvgIpc) is 3.23. The fraction of sp³-hybridized carbons (Fsp3) is 0.562. The van der Waals surface area contributed by atoms with E-state index in [2.05, 4.69) is 20.2 Å². The molecule has 0 spiro atoms. The van der Waals surface area contributed by atoms with Gasteiger partial charge >= 0.3 is 0 Å². The lowest BCUT2D eigenvalue weighted by atomic mass is 9.85. The third-order valence-corrected chi connectivity index (χ3v) is 4.97. The Labute approximate surface area is 129 Å². The number of nitrogens with zero attached hydrogens (tertiary/aromatic N) is 3. The minimum Gasteiger partial charge on any atom is -0.347 e. The van der Waals surface area contributed by atoms with Gasteiger partial charge in [0.05, 0.1) is 41.7 Å². The number of aromatic amines is 2. The van der Waals surface area contributed by atoms with Crippen LogP contribution in [0.1, 0.15) is 65.5 Å². The van der Waals surface area contributed by atoms with E-state index in [0.717, 1.165) is 48.5 Å². The molecule has 0 radical (unpaired) electrons. The smallest absolute Gasteiger partial charge is 0.257 e. The van der Waals surface area contributed by atoms with E-state index in [0.29, 0.717) is 12.5 Å². The van der Waals surface area contributed by atoms with Crippen molar-refractivity contribution in [2.75, 3.05) is 6.54 Å². The van der Waals surface area contributed by atoms with E-state index in [1.807, 2.05) is 4.90 Å². The van der Waals surface area contributed by atoms with Crippen molar-refractivity contribution < 1.29 is 4.79 Å². The van der Waals surface area contributed by atoms with Gasteiger partial charge in [0.2, 0.25) is 0 Å². The molecule has 2 aromatic heterocycles. The molecule has 1 aliphatic heterocycles. The summed E-state index contributed by atoms with van der Waals surface area (Å²) in [6.45, 7) is 1.34. The summed E-state index contributed by atoms with van der Waals surface area (Å²) in [6, 6.07) is 0. The van der Waals surface area contributed by atoms with Gasteiger partial charge in [-0.15, -0.1) is 0 Å².